The summed E-state index contributed by atoms with van der Waals surface area (Å²) >= 11 is 0. The Hall–Kier alpha value is -2.35. The topological polar surface area (TPSA) is 26.3 Å². The van der Waals surface area contributed by atoms with Crippen molar-refractivity contribution in [1.82, 2.24) is 0 Å². The molecule has 0 fully saturated rings. The van der Waals surface area contributed by atoms with Crippen molar-refractivity contribution in [3.8, 4) is 0 Å². The molecule has 0 radical (unpaired) electrons. The lowest BCUT2D eigenvalue weighted by Crippen LogP contribution is -2.08. The van der Waals surface area contributed by atoms with Crippen molar-refractivity contribution in [3.05, 3.63) is 76.9 Å². The summed E-state index contributed by atoms with van der Waals surface area (Å²) in [5, 5.41) is 0. The number of benzene rings is 2. The van der Waals surface area contributed by atoms with E-state index in [-0.39, 0.29) is 5.97 Å². The summed E-state index contributed by atoms with van der Waals surface area (Å²) in [6, 6.07) is 16.1. The van der Waals surface area contributed by atoms with Crippen LogP contribution >= 0.6 is 0 Å². The van der Waals surface area contributed by atoms with Gasteiger partial charge in [-0.3, -0.25) is 0 Å². The monoisotopic (exact) mass is 308 g/mol. The van der Waals surface area contributed by atoms with Crippen LogP contribution in [0.3, 0.4) is 0 Å². The van der Waals surface area contributed by atoms with Crippen LogP contribution in [0.2, 0.25) is 0 Å². The Balaban J connectivity index is 2.44. The molecule has 0 aromatic heterocycles. The molecule has 23 heavy (non-hydrogen) atoms. The van der Waals surface area contributed by atoms with Crippen LogP contribution in [0.5, 0.6) is 0 Å². The average molecular weight is 308 g/mol. The third kappa shape index (κ3) is 3.89. The highest BCUT2D eigenvalue weighted by molar-refractivity contribution is 5.97. The van der Waals surface area contributed by atoms with Crippen LogP contribution in [-0.4, -0.2) is 12.6 Å². The van der Waals surface area contributed by atoms with E-state index in [2.05, 4.69) is 38.1 Å². The number of hydrogen-bond donors (Lipinski definition) is 0. The number of hydrogen-bond acceptors (Lipinski definition) is 2. The maximum absolute atomic E-state index is 12.2. The van der Waals surface area contributed by atoms with E-state index in [4.69, 9.17) is 4.74 Å². The van der Waals surface area contributed by atoms with Crippen molar-refractivity contribution in [2.24, 2.45) is 0 Å². The van der Waals surface area contributed by atoms with Gasteiger partial charge in [-0.25, -0.2) is 4.79 Å². The first kappa shape index (κ1) is 17.0. The predicted molar refractivity (Wildman–Crippen MR) is 95.7 cm³/mol. The van der Waals surface area contributed by atoms with Gasteiger partial charge in [0.2, 0.25) is 0 Å². The zero-order valence-electron chi connectivity index (χ0n) is 14.3. The Labute approximate surface area is 138 Å². The van der Waals surface area contributed by atoms with Crippen LogP contribution in [0, 0.1) is 0 Å². The van der Waals surface area contributed by atoms with Gasteiger partial charge < -0.3 is 4.74 Å². The van der Waals surface area contributed by atoms with Gasteiger partial charge >= 0.3 is 5.97 Å². The Kier molecular flexibility index (Phi) is 5.75. The van der Waals surface area contributed by atoms with Crippen LogP contribution in [-0.2, 0) is 4.74 Å². The van der Waals surface area contributed by atoms with Crippen molar-refractivity contribution in [1.29, 1.82) is 0 Å². The number of rotatable bonds is 5. The van der Waals surface area contributed by atoms with Crippen LogP contribution in [0.25, 0.3) is 5.57 Å². The molecule has 0 unspecified atom stereocenters. The molecule has 2 nitrogen and oxygen atoms in total. The van der Waals surface area contributed by atoms with Crippen LogP contribution in [0.1, 0.15) is 60.7 Å². The van der Waals surface area contributed by atoms with Crippen molar-refractivity contribution in [2.45, 2.75) is 33.6 Å². The molecule has 0 saturated heterocycles. The number of ether oxygens (including phenoxy) is 1. The largest absolute Gasteiger partial charge is 0.462 e. The van der Waals surface area contributed by atoms with Gasteiger partial charge in [0.15, 0.2) is 0 Å². The molecule has 0 bridgehead atoms. The Bertz CT molecular complexity index is 694. The van der Waals surface area contributed by atoms with Gasteiger partial charge in [0, 0.05) is 0 Å². The van der Waals surface area contributed by atoms with Crippen LogP contribution < -0.4 is 0 Å². The molecule has 0 atom stereocenters. The lowest BCUT2D eigenvalue weighted by molar-refractivity contribution is 0.0526. The second-order valence-corrected chi connectivity index (χ2v) is 5.75. The first-order valence-corrected chi connectivity index (χ1v) is 8.11. The van der Waals surface area contributed by atoms with Gasteiger partial charge in [0.25, 0.3) is 0 Å². The maximum Gasteiger partial charge on any atom is 0.338 e. The van der Waals surface area contributed by atoms with E-state index in [0.29, 0.717) is 18.1 Å². The molecule has 0 amide bonds. The third-order valence-corrected chi connectivity index (χ3v) is 3.89. The van der Waals surface area contributed by atoms with Crippen molar-refractivity contribution in [3.63, 3.8) is 0 Å². The Morgan fingerprint density at radius 2 is 1.65 bits per heavy atom. The highest BCUT2D eigenvalue weighted by Gasteiger charge is 2.15. The van der Waals surface area contributed by atoms with Crippen LogP contribution in [0.15, 0.2) is 54.6 Å². The molecule has 0 saturated carbocycles. The average Bonchev–Trinajstić information content (AvgIpc) is 2.56. The minimum atomic E-state index is -0.277. The van der Waals surface area contributed by atoms with E-state index >= 15 is 0 Å². The second kappa shape index (κ2) is 7.77. The lowest BCUT2D eigenvalue weighted by atomic mass is 9.92. The molecule has 0 aliphatic heterocycles. The number of esters is 1. The molecule has 2 aromatic rings. The fourth-order valence-electron chi connectivity index (χ4n) is 2.63. The lowest BCUT2D eigenvalue weighted by Gasteiger charge is -2.14. The summed E-state index contributed by atoms with van der Waals surface area (Å²) in [4.78, 5) is 12.2. The van der Waals surface area contributed by atoms with Gasteiger partial charge in [-0.15, -0.1) is 0 Å². The summed E-state index contributed by atoms with van der Waals surface area (Å²) in [6.07, 6.45) is 2.04. The Morgan fingerprint density at radius 3 is 2.17 bits per heavy atom. The van der Waals surface area contributed by atoms with E-state index < -0.39 is 0 Å². The normalized spacial score (nSPS) is 11.6. The zero-order chi connectivity index (χ0) is 16.8. The van der Waals surface area contributed by atoms with E-state index in [1.54, 1.807) is 0 Å². The summed E-state index contributed by atoms with van der Waals surface area (Å²) in [6.45, 7) is 8.56. The quantitative estimate of drug-likeness (QED) is 0.688. The molecule has 2 rings (SSSR count). The van der Waals surface area contributed by atoms with Gasteiger partial charge in [-0.2, -0.15) is 0 Å². The highest BCUT2D eigenvalue weighted by atomic mass is 16.5. The predicted octanol–water partition coefficient (Wildman–Crippen LogP) is 5.44. The van der Waals surface area contributed by atoms with Gasteiger partial charge in [-0.05, 0) is 48.1 Å². The molecular formula is C21H24O2. The van der Waals surface area contributed by atoms with Gasteiger partial charge in [0.1, 0.15) is 0 Å². The fourth-order valence-corrected chi connectivity index (χ4v) is 2.63. The first-order chi connectivity index (χ1) is 11.1. The summed E-state index contributed by atoms with van der Waals surface area (Å²) < 4.78 is 5.18. The second-order valence-electron chi connectivity index (χ2n) is 5.75. The molecule has 0 heterocycles. The van der Waals surface area contributed by atoms with Crippen molar-refractivity contribution < 1.29 is 9.53 Å². The minimum Gasteiger partial charge on any atom is -0.462 e. The summed E-state index contributed by atoms with van der Waals surface area (Å²) in [5.74, 6) is 0.228. The zero-order valence-corrected chi connectivity index (χ0v) is 14.3. The van der Waals surface area contributed by atoms with Gasteiger partial charge in [-0.1, -0.05) is 62.4 Å². The molecule has 0 N–H and O–H groups in total. The number of carbonyl (C=O) groups is 1. The van der Waals surface area contributed by atoms with E-state index in [1.165, 1.54) is 5.56 Å². The standard InChI is InChI=1S/C21H24O2/c1-5-18(17-13-11-16(12-14-17)15(3)4)19-9-7-8-10-20(19)21(22)23-6-2/h5,7-15H,6H2,1-4H3/b18-5-. The molecule has 0 aliphatic carbocycles. The smallest absolute Gasteiger partial charge is 0.338 e. The van der Waals surface area contributed by atoms with Crippen LogP contribution in [0.4, 0.5) is 0 Å². The number of carbonyl (C=O) groups excluding carboxylic acids is 1. The molecule has 2 aromatic carbocycles. The highest BCUT2D eigenvalue weighted by Crippen LogP contribution is 2.28. The SMILES string of the molecule is C/C=C(/c1ccc(C(C)C)cc1)c1ccccc1C(=O)OCC. The molecule has 2 heteroatoms. The maximum atomic E-state index is 12.2. The molecule has 120 valence electrons. The van der Waals surface area contributed by atoms with E-state index in [1.807, 2.05) is 44.2 Å². The fraction of sp³-hybridized carbons (Fsp3) is 0.286. The molecule has 0 spiro atoms. The van der Waals surface area contributed by atoms with E-state index in [9.17, 15) is 4.79 Å². The summed E-state index contributed by atoms with van der Waals surface area (Å²) in [5.41, 5.74) is 4.97. The minimum absolute atomic E-state index is 0.277. The first-order valence-electron chi connectivity index (χ1n) is 8.11. The van der Waals surface area contributed by atoms with Gasteiger partial charge in [0.05, 0.1) is 12.2 Å². The number of allylic oxidation sites excluding steroid dienone is 1. The van der Waals surface area contributed by atoms with Crippen molar-refractivity contribution >= 4 is 11.5 Å². The molecular weight excluding hydrogens is 284 g/mol. The van der Waals surface area contributed by atoms with Crippen molar-refractivity contribution in [2.75, 3.05) is 6.61 Å². The third-order valence-electron chi connectivity index (χ3n) is 3.89. The summed E-state index contributed by atoms with van der Waals surface area (Å²) in [7, 11) is 0. The van der Waals surface area contributed by atoms with E-state index in [0.717, 1.165) is 16.7 Å². The Morgan fingerprint density at radius 1 is 1.04 bits per heavy atom. The molecule has 0 aliphatic rings.